The van der Waals surface area contributed by atoms with Gasteiger partial charge in [0.15, 0.2) is 0 Å². The standard InChI is InChI=1S/C22H30BNO6/c1-20(2,3)28-19(26)24-12-16(23-29-21(4,5)22(6,7)30-23)10-14-8-9-15-13-27-18(25)17(15)11-14/h8-11H,12-13H2,1-7H3,(H,24,26). The fourth-order valence-electron chi connectivity index (χ4n) is 3.12. The molecule has 0 unspecified atom stereocenters. The van der Waals surface area contributed by atoms with E-state index in [1.807, 2.05) is 45.9 Å². The first-order chi connectivity index (χ1) is 13.8. The quantitative estimate of drug-likeness (QED) is 0.593. The van der Waals surface area contributed by atoms with Crippen molar-refractivity contribution in [1.29, 1.82) is 0 Å². The van der Waals surface area contributed by atoms with E-state index in [9.17, 15) is 9.59 Å². The van der Waals surface area contributed by atoms with Gasteiger partial charge in [-0.05, 0) is 65.6 Å². The molecule has 162 valence electrons. The van der Waals surface area contributed by atoms with Crippen molar-refractivity contribution in [2.75, 3.05) is 6.54 Å². The first-order valence-electron chi connectivity index (χ1n) is 10.1. The lowest BCUT2D eigenvalue weighted by molar-refractivity contribution is 0.00578. The van der Waals surface area contributed by atoms with Crippen LogP contribution in [0.3, 0.4) is 0 Å². The second-order valence-electron chi connectivity index (χ2n) is 9.66. The van der Waals surface area contributed by atoms with E-state index >= 15 is 0 Å². The summed E-state index contributed by atoms with van der Waals surface area (Å²) >= 11 is 0. The summed E-state index contributed by atoms with van der Waals surface area (Å²) in [5.41, 5.74) is 1.28. The number of alkyl carbamates (subject to hydrolysis) is 1. The predicted molar refractivity (Wildman–Crippen MR) is 114 cm³/mol. The van der Waals surface area contributed by atoms with Crippen LogP contribution in [0.5, 0.6) is 0 Å². The highest BCUT2D eigenvalue weighted by molar-refractivity contribution is 6.56. The Morgan fingerprint density at radius 1 is 1.20 bits per heavy atom. The summed E-state index contributed by atoms with van der Waals surface area (Å²) in [6.45, 7) is 13.8. The Morgan fingerprint density at radius 2 is 1.83 bits per heavy atom. The molecule has 2 aliphatic rings. The minimum Gasteiger partial charge on any atom is -0.457 e. The maximum atomic E-state index is 12.2. The Balaban J connectivity index is 1.86. The number of cyclic esters (lactones) is 1. The average molecular weight is 415 g/mol. The van der Waals surface area contributed by atoms with E-state index in [0.29, 0.717) is 17.6 Å². The highest BCUT2D eigenvalue weighted by Crippen LogP contribution is 2.39. The Hall–Kier alpha value is -2.32. The summed E-state index contributed by atoms with van der Waals surface area (Å²) in [6.07, 6.45) is 1.34. The van der Waals surface area contributed by atoms with Gasteiger partial charge < -0.3 is 24.1 Å². The van der Waals surface area contributed by atoms with E-state index in [-0.39, 0.29) is 12.5 Å². The minimum atomic E-state index is -0.648. The van der Waals surface area contributed by atoms with Gasteiger partial charge in [0.25, 0.3) is 0 Å². The summed E-state index contributed by atoms with van der Waals surface area (Å²) in [7, 11) is -0.648. The fourth-order valence-corrected chi connectivity index (χ4v) is 3.12. The van der Waals surface area contributed by atoms with Gasteiger partial charge in [0.05, 0.1) is 16.8 Å². The van der Waals surface area contributed by atoms with Gasteiger partial charge in [0.1, 0.15) is 12.2 Å². The van der Waals surface area contributed by atoms with Crippen LogP contribution in [0.15, 0.2) is 23.7 Å². The molecule has 0 aromatic heterocycles. The molecule has 1 aromatic rings. The van der Waals surface area contributed by atoms with Gasteiger partial charge in [-0.3, -0.25) is 0 Å². The zero-order valence-electron chi connectivity index (χ0n) is 18.8. The second kappa shape index (κ2) is 7.74. The molecular formula is C22H30BNO6. The van der Waals surface area contributed by atoms with E-state index in [1.165, 1.54) is 0 Å². The highest BCUT2D eigenvalue weighted by atomic mass is 16.7. The number of hydrogen-bond acceptors (Lipinski definition) is 6. The van der Waals surface area contributed by atoms with Crippen LogP contribution in [0.2, 0.25) is 0 Å². The zero-order chi connectivity index (χ0) is 22.3. The molecule has 30 heavy (non-hydrogen) atoms. The third kappa shape index (κ3) is 4.87. The lowest BCUT2D eigenvalue weighted by Gasteiger charge is -2.32. The molecule has 2 heterocycles. The van der Waals surface area contributed by atoms with Gasteiger partial charge >= 0.3 is 19.2 Å². The molecule has 0 radical (unpaired) electrons. The Kier molecular flexibility index (Phi) is 5.77. The number of esters is 1. The monoisotopic (exact) mass is 415 g/mol. The van der Waals surface area contributed by atoms with Crippen molar-refractivity contribution in [3.05, 3.63) is 40.4 Å². The molecule has 0 saturated carbocycles. The van der Waals surface area contributed by atoms with Crippen LogP contribution in [0, 0.1) is 0 Å². The van der Waals surface area contributed by atoms with E-state index in [2.05, 4.69) is 5.32 Å². The molecule has 1 amide bonds. The van der Waals surface area contributed by atoms with Crippen LogP contribution in [0.1, 0.15) is 70.0 Å². The van der Waals surface area contributed by atoms with Crippen molar-refractivity contribution in [2.45, 2.75) is 71.9 Å². The van der Waals surface area contributed by atoms with Crippen LogP contribution in [-0.2, 0) is 25.4 Å². The van der Waals surface area contributed by atoms with Crippen molar-refractivity contribution in [3.63, 3.8) is 0 Å². The molecule has 0 bridgehead atoms. The number of ether oxygens (including phenoxy) is 2. The predicted octanol–water partition coefficient (Wildman–Crippen LogP) is 3.90. The summed E-state index contributed by atoms with van der Waals surface area (Å²) in [6, 6.07) is 5.55. The van der Waals surface area contributed by atoms with E-state index in [0.717, 1.165) is 11.1 Å². The van der Waals surface area contributed by atoms with Gasteiger partial charge in [-0.25, -0.2) is 9.59 Å². The minimum absolute atomic E-state index is 0.174. The molecule has 8 heteroatoms. The molecule has 2 aliphatic heterocycles. The molecule has 0 atom stereocenters. The topological polar surface area (TPSA) is 83.1 Å². The lowest BCUT2D eigenvalue weighted by Crippen LogP contribution is -2.41. The molecule has 3 rings (SSSR count). The first kappa shape index (κ1) is 22.4. The van der Waals surface area contributed by atoms with Gasteiger partial charge in [-0.1, -0.05) is 18.2 Å². The third-order valence-corrected chi connectivity index (χ3v) is 5.46. The SMILES string of the molecule is CC(C)(C)OC(=O)NCC(=Cc1ccc2c(c1)C(=O)OC2)B1OC(C)(C)C(C)(C)O1. The fraction of sp³-hybridized carbons (Fsp3) is 0.545. The smallest absolute Gasteiger partial charge is 0.457 e. The van der Waals surface area contributed by atoms with Gasteiger partial charge in [0.2, 0.25) is 0 Å². The van der Waals surface area contributed by atoms with Crippen LogP contribution in [0.25, 0.3) is 6.08 Å². The number of carbonyl (C=O) groups excluding carboxylic acids is 2. The van der Waals surface area contributed by atoms with Crippen LogP contribution in [0.4, 0.5) is 4.79 Å². The summed E-state index contributed by atoms with van der Waals surface area (Å²) < 4.78 is 22.8. The van der Waals surface area contributed by atoms with Crippen molar-refractivity contribution in [2.24, 2.45) is 0 Å². The third-order valence-electron chi connectivity index (χ3n) is 5.46. The van der Waals surface area contributed by atoms with Crippen LogP contribution >= 0.6 is 0 Å². The average Bonchev–Trinajstić information content (AvgIpc) is 3.06. The van der Waals surface area contributed by atoms with Gasteiger partial charge in [0, 0.05) is 12.1 Å². The Labute approximate surface area is 178 Å². The maximum absolute atomic E-state index is 12.2. The Bertz CT molecular complexity index is 868. The number of carbonyl (C=O) groups is 2. The molecule has 0 spiro atoms. The van der Waals surface area contributed by atoms with Crippen molar-refractivity contribution < 1.29 is 28.4 Å². The molecule has 1 fully saturated rings. The van der Waals surface area contributed by atoms with E-state index < -0.39 is 30.0 Å². The zero-order valence-corrected chi connectivity index (χ0v) is 18.8. The van der Waals surface area contributed by atoms with E-state index in [1.54, 1.807) is 26.8 Å². The van der Waals surface area contributed by atoms with E-state index in [4.69, 9.17) is 18.8 Å². The Morgan fingerprint density at radius 3 is 2.43 bits per heavy atom. The van der Waals surface area contributed by atoms with Crippen LogP contribution in [-0.4, -0.2) is 42.5 Å². The molecule has 0 aliphatic carbocycles. The summed E-state index contributed by atoms with van der Waals surface area (Å²) in [5.74, 6) is -0.329. The number of hydrogen-bond donors (Lipinski definition) is 1. The summed E-state index contributed by atoms with van der Waals surface area (Å²) in [4.78, 5) is 24.1. The lowest BCUT2D eigenvalue weighted by atomic mass is 9.77. The van der Waals surface area contributed by atoms with Gasteiger partial charge in [-0.2, -0.15) is 0 Å². The largest absolute Gasteiger partial charge is 0.492 e. The maximum Gasteiger partial charge on any atom is 0.492 e. The number of fused-ring (bicyclic) bond motifs is 1. The molecule has 1 N–H and O–H groups in total. The van der Waals surface area contributed by atoms with Crippen LogP contribution < -0.4 is 5.32 Å². The van der Waals surface area contributed by atoms with Crippen molar-refractivity contribution >= 4 is 25.3 Å². The first-order valence-corrected chi connectivity index (χ1v) is 10.1. The number of benzene rings is 1. The second-order valence-corrected chi connectivity index (χ2v) is 9.66. The number of rotatable bonds is 4. The number of amides is 1. The highest BCUT2D eigenvalue weighted by Gasteiger charge is 2.52. The van der Waals surface area contributed by atoms with Gasteiger partial charge in [-0.15, -0.1) is 0 Å². The molecular weight excluding hydrogens is 385 g/mol. The normalized spacial score (nSPS) is 20.0. The van der Waals surface area contributed by atoms with Crippen molar-refractivity contribution in [1.82, 2.24) is 5.32 Å². The molecule has 1 saturated heterocycles. The van der Waals surface area contributed by atoms with Crippen molar-refractivity contribution in [3.8, 4) is 0 Å². The summed E-state index contributed by atoms with van der Waals surface area (Å²) in [5, 5.41) is 2.77. The number of nitrogens with one attached hydrogen (secondary N) is 1. The molecule has 1 aromatic carbocycles. The molecule has 7 nitrogen and oxygen atoms in total.